The minimum absolute atomic E-state index is 0.148. The average Bonchev–Trinajstić information content (AvgIpc) is 3.46. The summed E-state index contributed by atoms with van der Waals surface area (Å²) in [5.74, 6) is -0.594. The molecule has 0 atom stereocenters. The SMILES string of the molecule is CCCCCCCCCCCOC(=O)CCN(CCCN(CC)CCN(CC)CCCN(CCC(=O)OCCCCCCCCCCC)CCC(=O)OCCCCCCCCCCC)CCC(=O)OCCCCCCCCCCC. The molecule has 0 aliphatic rings. The van der Waals surface area contributed by atoms with Gasteiger partial charge in [-0.2, -0.15) is 0 Å². The highest BCUT2D eigenvalue weighted by Gasteiger charge is 2.16. The van der Waals surface area contributed by atoms with Gasteiger partial charge in [0.15, 0.2) is 0 Å². The molecule has 0 aromatic heterocycles. The first kappa shape index (κ1) is 77.7. The molecular weight excluding hydrogens is 1000 g/mol. The summed E-state index contributed by atoms with van der Waals surface area (Å²) in [6.07, 6.45) is 47.5. The minimum Gasteiger partial charge on any atom is -0.466 e. The van der Waals surface area contributed by atoms with E-state index in [2.05, 4.69) is 61.1 Å². The largest absolute Gasteiger partial charge is 0.466 e. The lowest BCUT2D eigenvalue weighted by Gasteiger charge is -2.28. The molecule has 0 N–H and O–H groups in total. The standard InChI is InChI=1S/C68H134N4O8/c1-7-13-17-21-25-29-33-37-41-61-77-65(73)47-55-71(56-48-66(74)78-62-42-38-34-30-26-22-18-14-8-2)53-45-51-69(11-5)59-60-70(12-6)52-46-54-72(57-49-67(75)79-63-43-39-35-31-27-23-19-15-9-3)58-50-68(76)80-64-44-40-36-32-28-24-20-16-10-4/h7-64H2,1-6H3. The van der Waals surface area contributed by atoms with Crippen molar-refractivity contribution in [1.29, 1.82) is 0 Å². The van der Waals surface area contributed by atoms with Crippen molar-refractivity contribution in [3.63, 3.8) is 0 Å². The smallest absolute Gasteiger partial charge is 0.307 e. The molecule has 0 spiro atoms. The van der Waals surface area contributed by atoms with Gasteiger partial charge < -0.3 is 38.5 Å². The number of carbonyl (C=O) groups excluding carboxylic acids is 4. The van der Waals surface area contributed by atoms with Crippen LogP contribution >= 0.6 is 0 Å². The second-order valence-corrected chi connectivity index (χ2v) is 23.5. The Balaban J connectivity index is 5.15. The Morgan fingerprint density at radius 3 is 0.600 bits per heavy atom. The van der Waals surface area contributed by atoms with Crippen LogP contribution in [-0.4, -0.2) is 148 Å². The van der Waals surface area contributed by atoms with Crippen LogP contribution in [0.1, 0.15) is 311 Å². The maximum Gasteiger partial charge on any atom is 0.307 e. The van der Waals surface area contributed by atoms with Gasteiger partial charge in [-0.05, 0) is 77.8 Å². The number of nitrogens with zero attached hydrogens (tertiary/aromatic N) is 4. The van der Waals surface area contributed by atoms with Crippen molar-refractivity contribution in [2.75, 3.05) is 105 Å². The third kappa shape index (κ3) is 56.2. The molecule has 0 saturated heterocycles. The third-order valence-corrected chi connectivity index (χ3v) is 16.1. The molecule has 0 rings (SSSR count). The van der Waals surface area contributed by atoms with Gasteiger partial charge >= 0.3 is 23.9 Å². The number of ether oxygens (including phenoxy) is 4. The van der Waals surface area contributed by atoms with E-state index in [1.807, 2.05) is 0 Å². The number of hydrogen-bond donors (Lipinski definition) is 0. The van der Waals surface area contributed by atoms with Crippen LogP contribution in [0.5, 0.6) is 0 Å². The zero-order chi connectivity index (χ0) is 58.5. The Morgan fingerprint density at radius 2 is 0.400 bits per heavy atom. The van der Waals surface area contributed by atoms with Crippen LogP contribution in [0.2, 0.25) is 0 Å². The van der Waals surface area contributed by atoms with E-state index < -0.39 is 0 Å². The number of hydrogen-bond acceptors (Lipinski definition) is 12. The second-order valence-electron chi connectivity index (χ2n) is 23.5. The molecule has 0 fully saturated rings. The van der Waals surface area contributed by atoms with Gasteiger partial charge in [0.25, 0.3) is 0 Å². The Labute approximate surface area is 495 Å². The van der Waals surface area contributed by atoms with Crippen LogP contribution in [0.25, 0.3) is 0 Å². The van der Waals surface area contributed by atoms with Crippen LogP contribution in [0.15, 0.2) is 0 Å². The van der Waals surface area contributed by atoms with E-state index in [1.54, 1.807) is 0 Å². The number of rotatable bonds is 65. The minimum atomic E-state index is -0.148. The van der Waals surface area contributed by atoms with Crippen LogP contribution in [0, 0.1) is 0 Å². The van der Waals surface area contributed by atoms with Gasteiger partial charge in [0.1, 0.15) is 0 Å². The van der Waals surface area contributed by atoms with Crippen molar-refractivity contribution in [1.82, 2.24) is 19.6 Å². The number of carbonyl (C=O) groups is 4. The molecule has 0 radical (unpaired) electrons. The van der Waals surface area contributed by atoms with Gasteiger partial charge in [-0.1, -0.05) is 247 Å². The first-order chi connectivity index (χ1) is 39.2. The van der Waals surface area contributed by atoms with Crippen molar-refractivity contribution in [3.8, 4) is 0 Å². The van der Waals surface area contributed by atoms with Crippen LogP contribution in [0.4, 0.5) is 0 Å². The number of unbranched alkanes of at least 4 members (excludes halogenated alkanes) is 32. The Morgan fingerprint density at radius 1 is 0.212 bits per heavy atom. The molecule has 0 heterocycles. The van der Waals surface area contributed by atoms with E-state index in [0.717, 1.165) is 117 Å². The molecule has 0 aliphatic carbocycles. The predicted octanol–water partition coefficient (Wildman–Crippen LogP) is 16.9. The Kier molecular flexibility index (Phi) is 61.0. The second kappa shape index (κ2) is 62.8. The normalized spacial score (nSPS) is 11.7. The van der Waals surface area contributed by atoms with E-state index in [-0.39, 0.29) is 23.9 Å². The van der Waals surface area contributed by atoms with Gasteiger partial charge in [-0.25, -0.2) is 0 Å². The Hall–Kier alpha value is -2.28. The van der Waals surface area contributed by atoms with E-state index in [0.29, 0.717) is 78.3 Å². The fourth-order valence-electron chi connectivity index (χ4n) is 10.5. The summed E-state index contributed by atoms with van der Waals surface area (Å²) in [6, 6.07) is 0. The monoisotopic (exact) mass is 1140 g/mol. The van der Waals surface area contributed by atoms with Gasteiger partial charge in [-0.3, -0.25) is 19.2 Å². The van der Waals surface area contributed by atoms with Crippen LogP contribution < -0.4 is 0 Å². The molecule has 0 aliphatic heterocycles. The van der Waals surface area contributed by atoms with Crippen molar-refractivity contribution in [3.05, 3.63) is 0 Å². The van der Waals surface area contributed by atoms with Crippen LogP contribution in [-0.2, 0) is 38.1 Å². The van der Waals surface area contributed by atoms with Gasteiger partial charge in [0, 0.05) is 39.3 Å². The first-order valence-electron chi connectivity index (χ1n) is 34.7. The molecule has 80 heavy (non-hydrogen) atoms. The fraction of sp³-hybridized carbons (Fsp3) is 0.941. The quantitative estimate of drug-likeness (QED) is 0.0328. The highest BCUT2D eigenvalue weighted by Crippen LogP contribution is 2.14. The highest BCUT2D eigenvalue weighted by molar-refractivity contribution is 5.71. The summed E-state index contributed by atoms with van der Waals surface area (Å²) < 4.78 is 22.7. The van der Waals surface area contributed by atoms with Gasteiger partial charge in [-0.15, -0.1) is 0 Å². The van der Waals surface area contributed by atoms with Crippen molar-refractivity contribution < 1.29 is 38.1 Å². The number of likely N-dealkylation sites (N-methyl/N-ethyl adjacent to an activating group) is 2. The molecule has 0 aromatic carbocycles. The molecule has 12 heteroatoms. The predicted molar refractivity (Wildman–Crippen MR) is 338 cm³/mol. The van der Waals surface area contributed by atoms with Crippen molar-refractivity contribution in [2.45, 2.75) is 311 Å². The molecular formula is C68H134N4O8. The summed E-state index contributed by atoms with van der Waals surface area (Å²) in [5.41, 5.74) is 0. The zero-order valence-corrected chi connectivity index (χ0v) is 54.1. The van der Waals surface area contributed by atoms with E-state index in [1.165, 1.54) is 180 Å². The first-order valence-corrected chi connectivity index (χ1v) is 34.7. The lowest BCUT2D eigenvalue weighted by molar-refractivity contribution is -0.146. The number of esters is 4. The van der Waals surface area contributed by atoms with E-state index >= 15 is 0 Å². The fourth-order valence-corrected chi connectivity index (χ4v) is 10.5. The Bertz CT molecular complexity index is 1160. The van der Waals surface area contributed by atoms with E-state index in [9.17, 15) is 19.2 Å². The van der Waals surface area contributed by atoms with Crippen molar-refractivity contribution in [2.24, 2.45) is 0 Å². The molecule has 0 saturated carbocycles. The molecule has 12 nitrogen and oxygen atoms in total. The molecule has 0 amide bonds. The summed E-state index contributed by atoms with van der Waals surface area (Å²) in [4.78, 5) is 61.0. The topological polar surface area (TPSA) is 118 Å². The van der Waals surface area contributed by atoms with Gasteiger partial charge in [0.2, 0.25) is 0 Å². The maximum atomic E-state index is 12.9. The summed E-state index contributed by atoms with van der Waals surface area (Å²) >= 11 is 0. The molecule has 0 aromatic rings. The van der Waals surface area contributed by atoms with E-state index in [4.69, 9.17) is 18.9 Å². The van der Waals surface area contributed by atoms with Crippen molar-refractivity contribution >= 4 is 23.9 Å². The van der Waals surface area contributed by atoms with Crippen LogP contribution in [0.3, 0.4) is 0 Å². The molecule has 0 bridgehead atoms. The summed E-state index contributed by atoms with van der Waals surface area (Å²) in [7, 11) is 0. The zero-order valence-electron chi connectivity index (χ0n) is 54.1. The third-order valence-electron chi connectivity index (χ3n) is 16.1. The molecule has 0 unspecified atom stereocenters. The summed E-state index contributed by atoms with van der Waals surface area (Å²) in [6.45, 7) is 25.1. The average molecular weight is 1140 g/mol. The maximum absolute atomic E-state index is 12.9. The van der Waals surface area contributed by atoms with Gasteiger partial charge in [0.05, 0.1) is 52.1 Å². The molecule has 474 valence electrons. The summed E-state index contributed by atoms with van der Waals surface area (Å²) in [5, 5.41) is 0. The lowest BCUT2D eigenvalue weighted by atomic mass is 10.1. The highest BCUT2D eigenvalue weighted by atomic mass is 16.5. The lowest BCUT2D eigenvalue weighted by Crippen LogP contribution is -2.38.